The van der Waals surface area contributed by atoms with E-state index in [9.17, 15) is 4.79 Å². The fraction of sp³-hybridized carbons (Fsp3) is 0.652. The second kappa shape index (κ2) is 11.3. The largest absolute Gasteiger partial charge is 0.407 e. The van der Waals surface area contributed by atoms with Crippen LogP contribution in [0.15, 0.2) is 22.9 Å². The predicted octanol–water partition coefficient (Wildman–Crippen LogP) is 7.49. The molecule has 0 N–H and O–H groups in total. The van der Waals surface area contributed by atoms with Crippen molar-refractivity contribution < 1.29 is 13.6 Å². The highest BCUT2D eigenvalue weighted by Gasteiger charge is 2.39. The number of aromatic nitrogens is 1. The Bertz CT molecular complexity index is 719. The lowest BCUT2D eigenvalue weighted by molar-refractivity contribution is -0.110. The molecule has 0 fully saturated rings. The van der Waals surface area contributed by atoms with Crippen LogP contribution in [0.25, 0.3) is 6.08 Å². The molecule has 0 aromatic carbocycles. The van der Waals surface area contributed by atoms with E-state index in [0.717, 1.165) is 30.6 Å². The van der Waals surface area contributed by atoms with Gasteiger partial charge in [0.1, 0.15) is 18.2 Å². The molecule has 0 saturated carbocycles. The number of carbonyl (C=O) groups is 1. The minimum Gasteiger partial charge on any atom is -0.407 e. The molecule has 0 spiro atoms. The molecule has 1 aromatic rings. The number of nitrogens with zero attached hydrogens (tertiary/aromatic N) is 1. The third kappa shape index (κ3) is 9.05. The van der Waals surface area contributed by atoms with Crippen LogP contribution in [0.4, 0.5) is 4.39 Å². The molecule has 0 aliphatic carbocycles. The lowest BCUT2D eigenvalue weighted by atomic mass is 10.0. The van der Waals surface area contributed by atoms with Gasteiger partial charge in [-0.05, 0) is 63.7 Å². The van der Waals surface area contributed by atoms with E-state index >= 15 is 4.39 Å². The van der Waals surface area contributed by atoms with Gasteiger partial charge in [-0.25, -0.2) is 9.37 Å². The standard InChI is InChI=1S/C23H38FNO2SSi/c1-17(10-9-11-18(2)15-26)12-13-22(27-29(7,8)23(4,5)6)21(24)14-20-16-28-19(3)25-20/h12,14-16,18,22H,9-11,13H2,1-8H3/t18-,22-/m0/s1. The third-order valence-corrected chi connectivity index (χ3v) is 10.9. The van der Waals surface area contributed by atoms with Gasteiger partial charge in [0, 0.05) is 11.3 Å². The molecular weight excluding hydrogens is 401 g/mol. The monoisotopic (exact) mass is 439 g/mol. The van der Waals surface area contributed by atoms with Crippen LogP contribution in [-0.4, -0.2) is 25.7 Å². The van der Waals surface area contributed by atoms with Crippen LogP contribution in [0.3, 0.4) is 0 Å². The zero-order valence-electron chi connectivity index (χ0n) is 19.3. The maximum absolute atomic E-state index is 15.2. The Kier molecular flexibility index (Phi) is 10.1. The van der Waals surface area contributed by atoms with E-state index < -0.39 is 14.4 Å². The molecule has 1 rings (SSSR count). The molecular formula is C23H38FNO2SSi. The number of thiazole rings is 1. The molecule has 0 bridgehead atoms. The van der Waals surface area contributed by atoms with E-state index in [0.29, 0.717) is 12.1 Å². The molecule has 0 amide bonds. The van der Waals surface area contributed by atoms with Gasteiger partial charge in [0.05, 0.1) is 10.7 Å². The van der Waals surface area contributed by atoms with Gasteiger partial charge in [-0.1, -0.05) is 39.3 Å². The van der Waals surface area contributed by atoms with Gasteiger partial charge in [0.2, 0.25) is 0 Å². The second-order valence-electron chi connectivity index (χ2n) is 9.48. The lowest BCUT2D eigenvalue weighted by Gasteiger charge is -2.38. The quantitative estimate of drug-likeness (QED) is 0.204. The number of hydrogen-bond acceptors (Lipinski definition) is 4. The average molecular weight is 440 g/mol. The minimum absolute atomic E-state index is 0.00643. The maximum atomic E-state index is 15.2. The van der Waals surface area contributed by atoms with Gasteiger partial charge in [-0.15, -0.1) is 11.3 Å². The van der Waals surface area contributed by atoms with Gasteiger partial charge >= 0.3 is 0 Å². The van der Waals surface area contributed by atoms with Crippen LogP contribution in [0.5, 0.6) is 0 Å². The number of hydrogen-bond donors (Lipinski definition) is 0. The number of aldehydes is 1. The second-order valence-corrected chi connectivity index (χ2v) is 15.3. The Hall–Kier alpha value is -1.11. The van der Waals surface area contributed by atoms with Crippen LogP contribution >= 0.6 is 11.3 Å². The van der Waals surface area contributed by atoms with Crippen LogP contribution < -0.4 is 0 Å². The Labute approximate surface area is 181 Å². The van der Waals surface area contributed by atoms with Gasteiger partial charge in [0.15, 0.2) is 8.32 Å². The number of aryl methyl sites for hydroxylation is 1. The van der Waals surface area contributed by atoms with Crippen molar-refractivity contribution in [2.75, 3.05) is 0 Å². The number of halogens is 1. The summed E-state index contributed by atoms with van der Waals surface area (Å²) in [6.07, 6.45) is 7.28. The van der Waals surface area contributed by atoms with Gasteiger partial charge in [-0.2, -0.15) is 0 Å². The summed E-state index contributed by atoms with van der Waals surface area (Å²) in [4.78, 5) is 15.1. The first-order valence-electron chi connectivity index (χ1n) is 10.4. The smallest absolute Gasteiger partial charge is 0.193 e. The van der Waals surface area contributed by atoms with Crippen molar-refractivity contribution in [3.05, 3.63) is 33.6 Å². The van der Waals surface area contributed by atoms with Crippen molar-refractivity contribution in [1.29, 1.82) is 0 Å². The van der Waals surface area contributed by atoms with Crippen molar-refractivity contribution >= 4 is 32.0 Å². The molecule has 29 heavy (non-hydrogen) atoms. The van der Waals surface area contributed by atoms with Crippen molar-refractivity contribution in [3.8, 4) is 0 Å². The third-order valence-electron chi connectivity index (χ3n) is 5.62. The topological polar surface area (TPSA) is 39.2 Å². The van der Waals surface area contributed by atoms with E-state index in [1.807, 2.05) is 19.2 Å². The summed E-state index contributed by atoms with van der Waals surface area (Å²) in [5, 5.41) is 2.80. The first-order valence-corrected chi connectivity index (χ1v) is 14.2. The minimum atomic E-state index is -2.13. The van der Waals surface area contributed by atoms with Crippen molar-refractivity contribution in [3.63, 3.8) is 0 Å². The van der Waals surface area contributed by atoms with Crippen LogP contribution in [0.2, 0.25) is 18.1 Å². The zero-order chi connectivity index (χ0) is 22.2. The predicted molar refractivity (Wildman–Crippen MR) is 125 cm³/mol. The first-order chi connectivity index (χ1) is 13.4. The summed E-state index contributed by atoms with van der Waals surface area (Å²) in [5.74, 6) is -0.168. The number of carbonyl (C=O) groups excluding carboxylic acids is 1. The Morgan fingerprint density at radius 1 is 1.38 bits per heavy atom. The van der Waals surface area contributed by atoms with Crippen molar-refractivity contribution in [1.82, 2.24) is 4.98 Å². The van der Waals surface area contributed by atoms with E-state index in [1.165, 1.54) is 23.0 Å². The normalized spacial score (nSPS) is 16.0. The molecule has 6 heteroatoms. The summed E-state index contributed by atoms with van der Waals surface area (Å²) in [6.45, 7) is 16.7. The van der Waals surface area contributed by atoms with Gasteiger partial charge in [0.25, 0.3) is 0 Å². The van der Waals surface area contributed by atoms with Gasteiger partial charge < -0.3 is 9.22 Å². The summed E-state index contributed by atoms with van der Waals surface area (Å²) in [7, 11) is -2.13. The van der Waals surface area contributed by atoms with E-state index in [-0.39, 0.29) is 16.8 Å². The van der Waals surface area contributed by atoms with E-state index in [4.69, 9.17) is 4.43 Å². The molecule has 3 nitrogen and oxygen atoms in total. The number of allylic oxidation sites excluding steroid dienone is 1. The zero-order valence-corrected chi connectivity index (χ0v) is 21.2. The summed E-state index contributed by atoms with van der Waals surface area (Å²) < 4.78 is 21.6. The fourth-order valence-corrected chi connectivity index (χ4v) is 4.46. The highest BCUT2D eigenvalue weighted by Crippen LogP contribution is 2.39. The summed E-state index contributed by atoms with van der Waals surface area (Å²) in [6, 6.07) is 0. The molecule has 0 aliphatic rings. The van der Waals surface area contributed by atoms with Crippen molar-refractivity contribution in [2.45, 2.75) is 91.5 Å². The molecule has 164 valence electrons. The van der Waals surface area contributed by atoms with E-state index in [1.54, 1.807) is 0 Å². The van der Waals surface area contributed by atoms with Crippen LogP contribution in [0.1, 0.15) is 71.0 Å². The molecule has 2 atom stereocenters. The Morgan fingerprint density at radius 2 is 2.03 bits per heavy atom. The molecule has 0 aliphatic heterocycles. The molecule has 0 radical (unpaired) electrons. The van der Waals surface area contributed by atoms with Crippen LogP contribution in [-0.2, 0) is 9.22 Å². The number of rotatable bonds is 11. The van der Waals surface area contributed by atoms with Crippen LogP contribution in [0, 0.1) is 12.8 Å². The maximum Gasteiger partial charge on any atom is 0.193 e. The average Bonchev–Trinajstić information content (AvgIpc) is 3.01. The fourth-order valence-electron chi connectivity index (χ4n) is 2.61. The first kappa shape index (κ1) is 25.9. The highest BCUT2D eigenvalue weighted by molar-refractivity contribution is 7.09. The molecule has 0 saturated heterocycles. The Morgan fingerprint density at radius 3 is 2.55 bits per heavy atom. The molecule has 1 aromatic heterocycles. The lowest BCUT2D eigenvalue weighted by Crippen LogP contribution is -2.44. The SMILES string of the molecule is CC(=CC[C@H](O[Si](C)(C)C(C)(C)C)C(F)=Cc1csc(C)n1)CCC[C@H](C)C=O. The van der Waals surface area contributed by atoms with Gasteiger partial charge in [-0.3, -0.25) is 0 Å². The molecule has 1 heterocycles. The summed E-state index contributed by atoms with van der Waals surface area (Å²) >= 11 is 1.52. The summed E-state index contributed by atoms with van der Waals surface area (Å²) in [5.41, 5.74) is 1.86. The van der Waals surface area contributed by atoms with Crippen molar-refractivity contribution in [2.24, 2.45) is 5.92 Å². The van der Waals surface area contributed by atoms with E-state index in [2.05, 4.69) is 51.8 Å². The molecule has 0 unspecified atom stereocenters. The Balaban J connectivity index is 2.94. The highest BCUT2D eigenvalue weighted by atomic mass is 32.1.